The highest BCUT2D eigenvalue weighted by molar-refractivity contribution is 7.53. The first-order chi connectivity index (χ1) is 7.93. The summed E-state index contributed by atoms with van der Waals surface area (Å²) in [5.74, 6) is 0. The lowest BCUT2D eigenvalue weighted by Crippen LogP contribution is -2.36. The monoisotopic (exact) mass is 303 g/mol. The van der Waals surface area contributed by atoms with Gasteiger partial charge in [-0.15, -0.1) is 12.4 Å². The third kappa shape index (κ3) is 4.46. The van der Waals surface area contributed by atoms with Crippen molar-refractivity contribution in [3.8, 4) is 0 Å². The predicted octanol–water partition coefficient (Wildman–Crippen LogP) is 0.756. The van der Waals surface area contributed by atoms with Crippen LogP contribution in [-0.4, -0.2) is 53.9 Å². The van der Waals surface area contributed by atoms with Crippen molar-refractivity contribution in [1.29, 1.82) is 0 Å². The van der Waals surface area contributed by atoms with E-state index in [1.54, 1.807) is 20.8 Å². The van der Waals surface area contributed by atoms with E-state index in [1.165, 1.54) is 0 Å². The maximum Gasteiger partial charge on any atom is 0.332 e. The van der Waals surface area contributed by atoms with E-state index in [-0.39, 0.29) is 37.8 Å². The molecule has 3 N–H and O–H groups in total. The van der Waals surface area contributed by atoms with E-state index in [2.05, 4.69) is 5.32 Å². The Morgan fingerprint density at radius 2 is 1.67 bits per heavy atom. The van der Waals surface area contributed by atoms with Gasteiger partial charge in [-0.1, -0.05) is 0 Å². The van der Waals surface area contributed by atoms with Crippen LogP contribution in [0, 0.1) is 0 Å². The third-order valence-corrected chi connectivity index (χ3v) is 4.97. The van der Waals surface area contributed by atoms with E-state index in [0.29, 0.717) is 0 Å². The van der Waals surface area contributed by atoms with E-state index in [9.17, 15) is 14.8 Å². The fraction of sp³-hybridized carbons (Fsp3) is 1.00. The van der Waals surface area contributed by atoms with Crippen LogP contribution in [0.2, 0.25) is 0 Å². The Labute approximate surface area is 114 Å². The lowest BCUT2D eigenvalue weighted by atomic mass is 10.1. The van der Waals surface area contributed by atoms with E-state index in [1.807, 2.05) is 0 Å². The molecule has 0 aromatic heterocycles. The second-order valence-corrected chi connectivity index (χ2v) is 6.28. The molecule has 0 aromatic rings. The quantitative estimate of drug-likeness (QED) is 0.628. The van der Waals surface area contributed by atoms with E-state index >= 15 is 0 Å². The second-order valence-electron chi connectivity index (χ2n) is 4.17. The molecule has 18 heavy (non-hydrogen) atoms. The topological polar surface area (TPSA) is 88.0 Å². The van der Waals surface area contributed by atoms with Gasteiger partial charge in [0, 0.05) is 12.1 Å². The largest absolute Gasteiger partial charge is 0.389 e. The van der Waals surface area contributed by atoms with Crippen LogP contribution in [0.3, 0.4) is 0 Å². The summed E-state index contributed by atoms with van der Waals surface area (Å²) in [5.41, 5.74) is 0. The Kier molecular flexibility index (Phi) is 7.94. The fourth-order valence-corrected chi connectivity index (χ4v) is 3.88. The van der Waals surface area contributed by atoms with Crippen LogP contribution in [0.15, 0.2) is 0 Å². The van der Waals surface area contributed by atoms with Crippen LogP contribution < -0.4 is 5.32 Å². The van der Waals surface area contributed by atoms with E-state index in [0.717, 1.165) is 0 Å². The van der Waals surface area contributed by atoms with Crippen molar-refractivity contribution in [2.45, 2.75) is 45.1 Å². The van der Waals surface area contributed by atoms with Crippen molar-refractivity contribution < 1.29 is 23.8 Å². The summed E-state index contributed by atoms with van der Waals surface area (Å²) in [6.45, 7) is 5.82. The Morgan fingerprint density at radius 3 is 2.00 bits per heavy atom. The third-order valence-electron chi connectivity index (χ3n) is 2.82. The molecule has 0 amide bonds. The number of aliphatic hydroxyl groups excluding tert-OH is 2. The highest BCUT2D eigenvalue weighted by Gasteiger charge is 2.42. The SMILES string of the molecule is CCOP(=O)(C[C@@H]1N[C@@H](C)[C@@H](O)[C@H]1O)OCC.Cl. The zero-order chi connectivity index (χ0) is 13.1. The summed E-state index contributed by atoms with van der Waals surface area (Å²) in [5, 5.41) is 22.4. The Balaban J connectivity index is 0.00000289. The molecule has 0 spiro atoms. The molecule has 1 aliphatic heterocycles. The predicted molar refractivity (Wildman–Crippen MR) is 71.4 cm³/mol. The van der Waals surface area contributed by atoms with Gasteiger partial charge >= 0.3 is 7.60 Å². The van der Waals surface area contributed by atoms with Gasteiger partial charge in [0.1, 0.15) is 0 Å². The minimum Gasteiger partial charge on any atom is -0.389 e. The number of rotatable bonds is 6. The number of hydrogen-bond donors (Lipinski definition) is 3. The zero-order valence-corrected chi connectivity index (χ0v) is 12.6. The maximum atomic E-state index is 12.3. The first-order valence-electron chi connectivity index (χ1n) is 5.93. The smallest absolute Gasteiger partial charge is 0.332 e. The van der Waals surface area contributed by atoms with Gasteiger partial charge in [-0.25, -0.2) is 0 Å². The lowest BCUT2D eigenvalue weighted by Gasteiger charge is -2.22. The summed E-state index contributed by atoms with van der Waals surface area (Å²) in [4.78, 5) is 0. The van der Waals surface area contributed by atoms with Crippen LogP contribution in [0.1, 0.15) is 20.8 Å². The Hall–Kier alpha value is 0.320. The minimum atomic E-state index is -3.19. The van der Waals surface area contributed by atoms with Crippen LogP contribution in [0.5, 0.6) is 0 Å². The van der Waals surface area contributed by atoms with Crippen LogP contribution in [-0.2, 0) is 13.6 Å². The maximum absolute atomic E-state index is 12.3. The molecule has 1 heterocycles. The van der Waals surface area contributed by atoms with Gasteiger partial charge in [-0.3, -0.25) is 4.57 Å². The van der Waals surface area contributed by atoms with Crippen molar-refractivity contribution >= 4 is 20.0 Å². The Morgan fingerprint density at radius 1 is 1.17 bits per heavy atom. The van der Waals surface area contributed by atoms with Gasteiger partial charge in [0.15, 0.2) is 0 Å². The van der Waals surface area contributed by atoms with Crippen LogP contribution in [0.4, 0.5) is 0 Å². The lowest BCUT2D eigenvalue weighted by molar-refractivity contribution is 0.0321. The summed E-state index contributed by atoms with van der Waals surface area (Å²) in [7, 11) is -3.19. The molecule has 1 rings (SSSR count). The summed E-state index contributed by atoms with van der Waals surface area (Å²) < 4.78 is 22.6. The average Bonchev–Trinajstić information content (AvgIpc) is 2.47. The fourth-order valence-electron chi connectivity index (χ4n) is 2.01. The molecule has 0 saturated carbocycles. The molecule has 0 bridgehead atoms. The molecule has 1 aliphatic rings. The van der Waals surface area contributed by atoms with Crippen molar-refractivity contribution in [3.63, 3.8) is 0 Å². The van der Waals surface area contributed by atoms with Gasteiger partial charge in [-0.2, -0.15) is 0 Å². The number of aliphatic hydroxyl groups is 2. The second kappa shape index (κ2) is 7.80. The molecule has 0 radical (unpaired) electrons. The average molecular weight is 304 g/mol. The molecular formula is C10H23ClNO5P. The minimum absolute atomic E-state index is 0. The standard InChI is InChI=1S/C10H22NO5P.ClH/c1-4-15-17(14,16-5-2)6-8-10(13)9(12)7(3)11-8;/h7-13H,4-6H2,1-3H3;1H/t7-,8-,9+,10-;/m0./s1. The van der Waals surface area contributed by atoms with E-state index in [4.69, 9.17) is 9.05 Å². The Bertz CT molecular complexity index is 283. The normalized spacial score (nSPS) is 32.3. The van der Waals surface area contributed by atoms with Crippen molar-refractivity contribution in [3.05, 3.63) is 0 Å². The highest BCUT2D eigenvalue weighted by Crippen LogP contribution is 2.49. The summed E-state index contributed by atoms with van der Waals surface area (Å²) >= 11 is 0. The molecule has 110 valence electrons. The number of nitrogens with one attached hydrogen (secondary N) is 1. The van der Waals surface area contributed by atoms with Gasteiger partial charge in [0.05, 0.1) is 31.6 Å². The molecule has 4 atom stereocenters. The van der Waals surface area contributed by atoms with Gasteiger partial charge in [0.25, 0.3) is 0 Å². The van der Waals surface area contributed by atoms with Gasteiger partial charge in [-0.05, 0) is 20.8 Å². The number of hydrogen-bond acceptors (Lipinski definition) is 6. The molecule has 0 aliphatic carbocycles. The van der Waals surface area contributed by atoms with Crippen LogP contribution >= 0.6 is 20.0 Å². The van der Waals surface area contributed by atoms with Gasteiger partial charge in [0.2, 0.25) is 0 Å². The zero-order valence-electron chi connectivity index (χ0n) is 10.9. The molecule has 1 saturated heterocycles. The summed E-state index contributed by atoms with van der Waals surface area (Å²) in [6.07, 6.45) is -1.73. The molecule has 1 fully saturated rings. The number of halogens is 1. The molecule has 0 aromatic carbocycles. The van der Waals surface area contributed by atoms with Gasteiger partial charge < -0.3 is 24.6 Å². The van der Waals surface area contributed by atoms with Crippen molar-refractivity contribution in [2.24, 2.45) is 0 Å². The molecule has 6 nitrogen and oxygen atoms in total. The molecule has 0 unspecified atom stereocenters. The van der Waals surface area contributed by atoms with Crippen LogP contribution in [0.25, 0.3) is 0 Å². The molecular weight excluding hydrogens is 281 g/mol. The van der Waals surface area contributed by atoms with Crippen molar-refractivity contribution in [1.82, 2.24) is 5.32 Å². The van der Waals surface area contributed by atoms with Crippen molar-refractivity contribution in [2.75, 3.05) is 19.4 Å². The highest BCUT2D eigenvalue weighted by atomic mass is 35.5. The first-order valence-corrected chi connectivity index (χ1v) is 7.66. The summed E-state index contributed by atoms with van der Waals surface area (Å²) in [6, 6.07) is -0.698. The molecule has 8 heteroatoms. The van der Waals surface area contributed by atoms with E-state index < -0.39 is 25.8 Å². The first kappa shape index (κ1) is 18.3.